The first kappa shape index (κ1) is 15.0. The van der Waals surface area contributed by atoms with Crippen molar-refractivity contribution in [3.8, 4) is 0 Å². The van der Waals surface area contributed by atoms with Crippen molar-refractivity contribution in [1.29, 1.82) is 0 Å². The fourth-order valence-corrected chi connectivity index (χ4v) is 2.75. The second-order valence-electron chi connectivity index (χ2n) is 4.01. The van der Waals surface area contributed by atoms with Crippen molar-refractivity contribution >= 4 is 22.0 Å². The van der Waals surface area contributed by atoms with E-state index in [2.05, 4.69) is 0 Å². The van der Waals surface area contributed by atoms with E-state index in [0.717, 1.165) is 18.2 Å². The molecule has 0 fully saturated rings. The Kier molecular flexibility index (Phi) is 3.99. The van der Waals surface area contributed by atoms with Gasteiger partial charge in [-0.2, -0.15) is 0 Å². The zero-order valence-corrected chi connectivity index (χ0v) is 11.1. The molecule has 2 aromatic rings. The highest BCUT2D eigenvalue weighted by atomic mass is 32.2. The number of halogens is 3. The van der Waals surface area contributed by atoms with Crippen LogP contribution in [0.5, 0.6) is 0 Å². The molecule has 1 N–H and O–H groups in total. The topological polar surface area (TPSA) is 63.2 Å². The second-order valence-corrected chi connectivity index (χ2v) is 5.66. The fourth-order valence-electron chi connectivity index (χ4n) is 1.60. The summed E-state index contributed by atoms with van der Waals surface area (Å²) in [6.45, 7) is 0. The number of benzene rings is 2. The number of sulfonamides is 1. The summed E-state index contributed by atoms with van der Waals surface area (Å²) in [5.41, 5.74) is -0.904. The summed E-state index contributed by atoms with van der Waals surface area (Å²) >= 11 is 0. The molecule has 8 heteroatoms. The first-order valence-electron chi connectivity index (χ1n) is 5.56. The minimum absolute atomic E-state index is 0.204. The number of hydrogen-bond donors (Lipinski definition) is 1. The predicted octanol–water partition coefficient (Wildman–Crippen LogP) is 2.72. The molecule has 2 rings (SSSR count). The summed E-state index contributed by atoms with van der Waals surface area (Å²) in [5, 5.41) is 0. The van der Waals surface area contributed by atoms with Crippen molar-refractivity contribution in [1.82, 2.24) is 0 Å². The molecule has 0 unspecified atom stereocenters. The standard InChI is InChI=1S/C13H8F3NO3S/c14-9-4-5-10(15)12(6-9)21(19,20)17-11-3-1-2-8(7-18)13(11)16/h1-7,17H. The molecular formula is C13H8F3NO3S. The van der Waals surface area contributed by atoms with Crippen molar-refractivity contribution < 1.29 is 26.4 Å². The summed E-state index contributed by atoms with van der Waals surface area (Å²) in [6.07, 6.45) is 0.204. The lowest BCUT2D eigenvalue weighted by molar-refractivity contribution is 0.112. The maximum Gasteiger partial charge on any atom is 0.265 e. The predicted molar refractivity (Wildman–Crippen MR) is 69.0 cm³/mol. The number of carbonyl (C=O) groups is 1. The highest BCUT2D eigenvalue weighted by Crippen LogP contribution is 2.23. The molecule has 0 heterocycles. The molecule has 110 valence electrons. The van der Waals surface area contributed by atoms with Gasteiger partial charge >= 0.3 is 0 Å². The molecule has 0 saturated carbocycles. The lowest BCUT2D eigenvalue weighted by atomic mass is 10.2. The number of anilines is 1. The van der Waals surface area contributed by atoms with Crippen molar-refractivity contribution in [2.24, 2.45) is 0 Å². The Bertz CT molecular complexity index is 806. The molecular weight excluding hydrogens is 307 g/mol. The fraction of sp³-hybridized carbons (Fsp3) is 0. The van der Waals surface area contributed by atoms with E-state index in [1.165, 1.54) is 6.07 Å². The maximum absolute atomic E-state index is 13.8. The van der Waals surface area contributed by atoms with E-state index in [1.807, 2.05) is 0 Å². The Labute approximate surface area is 118 Å². The molecule has 0 radical (unpaired) electrons. The molecule has 0 saturated heterocycles. The molecule has 0 aliphatic heterocycles. The first-order chi connectivity index (χ1) is 9.85. The molecule has 0 aliphatic rings. The van der Waals surface area contributed by atoms with Gasteiger partial charge in [-0.1, -0.05) is 6.07 Å². The largest absolute Gasteiger partial charge is 0.298 e. The third-order valence-electron chi connectivity index (χ3n) is 2.58. The Morgan fingerprint density at radius 1 is 1.05 bits per heavy atom. The van der Waals surface area contributed by atoms with Crippen LogP contribution in [0.1, 0.15) is 10.4 Å². The normalized spacial score (nSPS) is 11.2. The number of hydrogen-bond acceptors (Lipinski definition) is 3. The van der Waals surface area contributed by atoms with Crippen molar-refractivity contribution in [3.63, 3.8) is 0 Å². The van der Waals surface area contributed by atoms with Crippen LogP contribution in [0.25, 0.3) is 0 Å². The van der Waals surface area contributed by atoms with Crippen LogP contribution in [0.3, 0.4) is 0 Å². The third kappa shape index (κ3) is 3.05. The zero-order valence-electron chi connectivity index (χ0n) is 10.3. The Balaban J connectivity index is 2.47. The summed E-state index contributed by atoms with van der Waals surface area (Å²) in [4.78, 5) is 9.63. The number of carbonyl (C=O) groups excluding carboxylic acids is 1. The van der Waals surface area contributed by atoms with Gasteiger partial charge in [0.05, 0.1) is 11.3 Å². The lowest BCUT2D eigenvalue weighted by Gasteiger charge is -2.10. The van der Waals surface area contributed by atoms with Gasteiger partial charge in [0, 0.05) is 0 Å². The lowest BCUT2D eigenvalue weighted by Crippen LogP contribution is -2.16. The van der Waals surface area contributed by atoms with Gasteiger partial charge in [-0.25, -0.2) is 21.6 Å². The molecule has 0 aromatic heterocycles. The average Bonchev–Trinajstić information content (AvgIpc) is 2.43. The molecule has 0 aliphatic carbocycles. The maximum atomic E-state index is 13.8. The molecule has 2 aromatic carbocycles. The van der Waals surface area contributed by atoms with Gasteiger partial charge in [0.1, 0.15) is 16.5 Å². The SMILES string of the molecule is O=Cc1cccc(NS(=O)(=O)c2cc(F)ccc2F)c1F. The van der Waals surface area contributed by atoms with Gasteiger partial charge in [0.25, 0.3) is 10.0 Å². The van der Waals surface area contributed by atoms with Crippen LogP contribution in [-0.4, -0.2) is 14.7 Å². The van der Waals surface area contributed by atoms with Crippen LogP contribution in [0.15, 0.2) is 41.3 Å². The number of aldehydes is 1. The van der Waals surface area contributed by atoms with Crippen LogP contribution in [0.2, 0.25) is 0 Å². The van der Waals surface area contributed by atoms with Crippen LogP contribution < -0.4 is 4.72 Å². The summed E-state index contributed by atoms with van der Waals surface area (Å²) in [6, 6.07) is 5.30. The van der Waals surface area contributed by atoms with E-state index < -0.39 is 38.1 Å². The number of rotatable bonds is 4. The van der Waals surface area contributed by atoms with E-state index in [1.54, 1.807) is 4.72 Å². The van der Waals surface area contributed by atoms with Crippen molar-refractivity contribution in [2.75, 3.05) is 4.72 Å². The molecule has 0 spiro atoms. The van der Waals surface area contributed by atoms with E-state index in [0.29, 0.717) is 12.1 Å². The smallest absolute Gasteiger partial charge is 0.265 e. The molecule has 0 amide bonds. The van der Waals surface area contributed by atoms with Crippen LogP contribution >= 0.6 is 0 Å². The van der Waals surface area contributed by atoms with Gasteiger partial charge in [0.2, 0.25) is 0 Å². The quantitative estimate of drug-likeness (QED) is 0.882. The Morgan fingerprint density at radius 2 is 1.76 bits per heavy atom. The monoisotopic (exact) mass is 315 g/mol. The Morgan fingerprint density at radius 3 is 2.43 bits per heavy atom. The van der Waals surface area contributed by atoms with E-state index >= 15 is 0 Å². The van der Waals surface area contributed by atoms with Crippen molar-refractivity contribution in [3.05, 3.63) is 59.4 Å². The molecule has 4 nitrogen and oxygen atoms in total. The number of nitrogens with one attached hydrogen (secondary N) is 1. The van der Waals surface area contributed by atoms with Gasteiger partial charge < -0.3 is 0 Å². The summed E-state index contributed by atoms with van der Waals surface area (Å²) < 4.78 is 66.0. The van der Waals surface area contributed by atoms with Crippen molar-refractivity contribution in [2.45, 2.75) is 4.90 Å². The summed E-state index contributed by atoms with van der Waals surface area (Å²) in [5.74, 6) is -3.25. The average molecular weight is 315 g/mol. The highest BCUT2D eigenvalue weighted by Gasteiger charge is 2.22. The second kappa shape index (κ2) is 5.57. The summed E-state index contributed by atoms with van der Waals surface area (Å²) in [7, 11) is -4.53. The third-order valence-corrected chi connectivity index (χ3v) is 3.96. The van der Waals surface area contributed by atoms with Gasteiger partial charge in [-0.15, -0.1) is 0 Å². The van der Waals surface area contributed by atoms with Crippen LogP contribution in [-0.2, 0) is 10.0 Å². The zero-order chi connectivity index (χ0) is 15.6. The van der Waals surface area contributed by atoms with Gasteiger partial charge in [-0.05, 0) is 30.3 Å². The molecule has 0 atom stereocenters. The minimum Gasteiger partial charge on any atom is -0.298 e. The molecule has 0 bridgehead atoms. The van der Waals surface area contributed by atoms with E-state index in [4.69, 9.17) is 0 Å². The van der Waals surface area contributed by atoms with Crippen LogP contribution in [0.4, 0.5) is 18.9 Å². The highest BCUT2D eigenvalue weighted by molar-refractivity contribution is 7.92. The minimum atomic E-state index is -4.53. The van der Waals surface area contributed by atoms with E-state index in [9.17, 15) is 26.4 Å². The van der Waals surface area contributed by atoms with Crippen LogP contribution in [0, 0.1) is 17.5 Å². The Hall–Kier alpha value is -2.35. The molecule has 21 heavy (non-hydrogen) atoms. The van der Waals surface area contributed by atoms with E-state index in [-0.39, 0.29) is 11.8 Å². The first-order valence-corrected chi connectivity index (χ1v) is 7.05. The van der Waals surface area contributed by atoms with Gasteiger partial charge in [0.15, 0.2) is 12.1 Å². The van der Waals surface area contributed by atoms with Gasteiger partial charge in [-0.3, -0.25) is 9.52 Å².